The maximum atomic E-state index is 5.84. The van der Waals surface area contributed by atoms with Crippen molar-refractivity contribution in [2.45, 2.75) is 33.1 Å². The molecular weight excluding hydrogens is 310 g/mol. The molecule has 126 valence electrons. The van der Waals surface area contributed by atoms with Crippen LogP contribution in [0.25, 0.3) is 22.8 Å². The molecule has 4 rings (SSSR count). The highest BCUT2D eigenvalue weighted by Gasteiger charge is 2.23. The van der Waals surface area contributed by atoms with Gasteiger partial charge in [-0.3, -0.25) is 0 Å². The number of hydrogen-bond donors (Lipinski definition) is 0. The minimum atomic E-state index is 0.635. The number of benzene rings is 1. The third-order valence-electron chi connectivity index (χ3n) is 4.49. The average Bonchev–Trinajstić information content (AvgIpc) is 3.10. The number of nitrogens with zero attached hydrogens (tertiary/aromatic N) is 3. The van der Waals surface area contributed by atoms with Gasteiger partial charge in [0.1, 0.15) is 11.4 Å². The predicted octanol–water partition coefficient (Wildman–Crippen LogP) is 4.40. The molecule has 0 bridgehead atoms. The van der Waals surface area contributed by atoms with Crippen molar-refractivity contribution in [2.24, 2.45) is 0 Å². The van der Waals surface area contributed by atoms with Crippen LogP contribution in [0.5, 0.6) is 5.75 Å². The summed E-state index contributed by atoms with van der Waals surface area (Å²) in [5.74, 6) is 1.58. The van der Waals surface area contributed by atoms with E-state index in [2.05, 4.69) is 11.1 Å². The van der Waals surface area contributed by atoms with Crippen molar-refractivity contribution < 1.29 is 4.74 Å². The van der Waals surface area contributed by atoms with Crippen LogP contribution in [-0.2, 0) is 12.8 Å². The van der Waals surface area contributed by atoms with E-state index in [1.165, 1.54) is 5.56 Å². The molecule has 0 N–H and O–H groups in total. The fourth-order valence-corrected chi connectivity index (χ4v) is 3.38. The first kappa shape index (κ1) is 15.8. The van der Waals surface area contributed by atoms with Gasteiger partial charge in [-0.15, -0.1) is 0 Å². The molecule has 0 saturated carbocycles. The van der Waals surface area contributed by atoms with Gasteiger partial charge in [0.05, 0.1) is 12.3 Å². The SMILES string of the molecule is CCOc1ccccc1-c1nc(-c2cccc(C)n2)nc2c1CCC2. The van der Waals surface area contributed by atoms with E-state index in [9.17, 15) is 0 Å². The second-order valence-corrected chi connectivity index (χ2v) is 6.27. The van der Waals surface area contributed by atoms with Gasteiger partial charge in [0, 0.05) is 22.5 Å². The Morgan fingerprint density at radius 1 is 0.960 bits per heavy atom. The molecule has 4 heteroatoms. The van der Waals surface area contributed by atoms with E-state index in [1.54, 1.807) is 0 Å². The zero-order valence-corrected chi connectivity index (χ0v) is 14.6. The van der Waals surface area contributed by atoms with Crippen molar-refractivity contribution in [3.05, 3.63) is 59.4 Å². The van der Waals surface area contributed by atoms with Crippen molar-refractivity contribution in [1.82, 2.24) is 15.0 Å². The lowest BCUT2D eigenvalue weighted by Gasteiger charge is -2.14. The van der Waals surface area contributed by atoms with E-state index in [4.69, 9.17) is 14.7 Å². The summed E-state index contributed by atoms with van der Waals surface area (Å²) in [6.45, 7) is 4.63. The fraction of sp³-hybridized carbons (Fsp3) is 0.286. The summed E-state index contributed by atoms with van der Waals surface area (Å²) in [5, 5.41) is 0. The van der Waals surface area contributed by atoms with E-state index in [0.717, 1.165) is 53.4 Å². The summed E-state index contributed by atoms with van der Waals surface area (Å²) < 4.78 is 5.84. The lowest BCUT2D eigenvalue weighted by molar-refractivity contribution is 0.341. The monoisotopic (exact) mass is 331 g/mol. The second-order valence-electron chi connectivity index (χ2n) is 6.27. The summed E-state index contributed by atoms with van der Waals surface area (Å²) in [5.41, 5.74) is 6.23. The highest BCUT2D eigenvalue weighted by molar-refractivity contribution is 5.73. The first-order chi connectivity index (χ1) is 12.3. The molecule has 0 amide bonds. The standard InChI is InChI=1S/C21H21N3O/c1-3-25-19-13-5-4-9-16(19)20-15-10-7-11-17(15)23-21(24-20)18-12-6-8-14(2)22-18/h4-6,8-9,12-13H,3,7,10-11H2,1-2H3. The molecule has 2 heterocycles. The van der Waals surface area contributed by atoms with Crippen LogP contribution in [-0.4, -0.2) is 21.6 Å². The molecule has 0 saturated heterocycles. The number of rotatable bonds is 4. The minimum Gasteiger partial charge on any atom is -0.493 e. The Bertz CT molecular complexity index is 921. The zero-order chi connectivity index (χ0) is 17.2. The van der Waals surface area contributed by atoms with Gasteiger partial charge >= 0.3 is 0 Å². The second kappa shape index (κ2) is 6.63. The maximum Gasteiger partial charge on any atom is 0.178 e. The Kier molecular flexibility index (Phi) is 4.18. The molecule has 25 heavy (non-hydrogen) atoms. The largest absolute Gasteiger partial charge is 0.493 e. The minimum absolute atomic E-state index is 0.635. The first-order valence-electron chi connectivity index (χ1n) is 8.82. The summed E-state index contributed by atoms with van der Waals surface area (Å²) in [4.78, 5) is 14.3. The molecule has 3 aromatic rings. The maximum absolute atomic E-state index is 5.84. The van der Waals surface area contributed by atoms with Gasteiger partial charge in [-0.1, -0.05) is 18.2 Å². The molecule has 1 aromatic carbocycles. The Labute approximate surface area is 148 Å². The topological polar surface area (TPSA) is 47.9 Å². The van der Waals surface area contributed by atoms with E-state index in [-0.39, 0.29) is 0 Å². The van der Waals surface area contributed by atoms with Gasteiger partial charge < -0.3 is 4.74 Å². The molecule has 0 atom stereocenters. The molecule has 1 aliphatic rings. The van der Waals surface area contributed by atoms with Gasteiger partial charge in [0.15, 0.2) is 5.82 Å². The third kappa shape index (κ3) is 3.00. The number of para-hydroxylation sites is 1. The van der Waals surface area contributed by atoms with Gasteiger partial charge in [0.2, 0.25) is 0 Å². The number of aryl methyl sites for hydroxylation is 2. The quantitative estimate of drug-likeness (QED) is 0.711. The molecule has 0 spiro atoms. The van der Waals surface area contributed by atoms with Crippen LogP contribution < -0.4 is 4.74 Å². The molecular formula is C21H21N3O. The van der Waals surface area contributed by atoms with Crippen molar-refractivity contribution in [1.29, 1.82) is 0 Å². The van der Waals surface area contributed by atoms with E-state index >= 15 is 0 Å². The van der Waals surface area contributed by atoms with Crippen molar-refractivity contribution >= 4 is 0 Å². The number of aromatic nitrogens is 3. The van der Waals surface area contributed by atoms with Crippen molar-refractivity contribution in [3.63, 3.8) is 0 Å². The molecule has 4 nitrogen and oxygen atoms in total. The van der Waals surface area contributed by atoms with Crippen LogP contribution in [0, 0.1) is 6.92 Å². The van der Waals surface area contributed by atoms with Crippen LogP contribution in [0.2, 0.25) is 0 Å². The smallest absolute Gasteiger partial charge is 0.178 e. The summed E-state index contributed by atoms with van der Waals surface area (Å²) in [6.07, 6.45) is 3.14. The Hall–Kier alpha value is -2.75. The lowest BCUT2D eigenvalue weighted by atomic mass is 10.0. The highest BCUT2D eigenvalue weighted by Crippen LogP contribution is 2.36. The van der Waals surface area contributed by atoms with Crippen LogP contribution in [0.1, 0.15) is 30.3 Å². The predicted molar refractivity (Wildman–Crippen MR) is 98.6 cm³/mol. The summed E-state index contributed by atoms with van der Waals surface area (Å²) >= 11 is 0. The van der Waals surface area contributed by atoms with Gasteiger partial charge in [-0.05, 0) is 57.4 Å². The molecule has 0 radical (unpaired) electrons. The van der Waals surface area contributed by atoms with E-state index in [0.29, 0.717) is 12.4 Å². The van der Waals surface area contributed by atoms with Crippen LogP contribution in [0.4, 0.5) is 0 Å². The lowest BCUT2D eigenvalue weighted by Crippen LogP contribution is -2.03. The highest BCUT2D eigenvalue weighted by atomic mass is 16.5. The van der Waals surface area contributed by atoms with Crippen molar-refractivity contribution in [3.8, 4) is 28.5 Å². The molecule has 0 fully saturated rings. The number of hydrogen-bond acceptors (Lipinski definition) is 4. The van der Waals surface area contributed by atoms with Crippen LogP contribution in [0.15, 0.2) is 42.5 Å². The van der Waals surface area contributed by atoms with Gasteiger partial charge in [-0.25, -0.2) is 15.0 Å². The fourth-order valence-electron chi connectivity index (χ4n) is 3.38. The Morgan fingerprint density at radius 2 is 1.84 bits per heavy atom. The zero-order valence-electron chi connectivity index (χ0n) is 14.6. The molecule has 0 unspecified atom stereocenters. The normalized spacial score (nSPS) is 12.9. The van der Waals surface area contributed by atoms with Gasteiger partial charge in [0.25, 0.3) is 0 Å². The Balaban J connectivity index is 1.91. The van der Waals surface area contributed by atoms with Crippen LogP contribution >= 0.6 is 0 Å². The Morgan fingerprint density at radius 3 is 2.68 bits per heavy atom. The molecule has 1 aliphatic carbocycles. The number of ether oxygens (including phenoxy) is 1. The number of pyridine rings is 1. The van der Waals surface area contributed by atoms with E-state index in [1.807, 2.05) is 50.2 Å². The first-order valence-corrected chi connectivity index (χ1v) is 8.82. The third-order valence-corrected chi connectivity index (χ3v) is 4.49. The molecule has 0 aliphatic heterocycles. The molecule has 2 aromatic heterocycles. The summed E-state index contributed by atoms with van der Waals surface area (Å²) in [6, 6.07) is 14.1. The van der Waals surface area contributed by atoms with E-state index < -0.39 is 0 Å². The van der Waals surface area contributed by atoms with Crippen molar-refractivity contribution in [2.75, 3.05) is 6.61 Å². The van der Waals surface area contributed by atoms with Gasteiger partial charge in [-0.2, -0.15) is 0 Å². The summed E-state index contributed by atoms with van der Waals surface area (Å²) in [7, 11) is 0. The van der Waals surface area contributed by atoms with Crippen LogP contribution in [0.3, 0.4) is 0 Å². The average molecular weight is 331 g/mol. The number of fused-ring (bicyclic) bond motifs is 1.